The number of amides is 1. The highest BCUT2D eigenvalue weighted by molar-refractivity contribution is 9.10. The van der Waals surface area contributed by atoms with Gasteiger partial charge >= 0.3 is 0 Å². The summed E-state index contributed by atoms with van der Waals surface area (Å²) in [6.45, 7) is 3.31. The first kappa shape index (κ1) is 22.2. The summed E-state index contributed by atoms with van der Waals surface area (Å²) in [5, 5.41) is 3.29. The molecule has 0 unspecified atom stereocenters. The Morgan fingerprint density at radius 3 is 2.42 bits per heavy atom. The fraction of sp³-hybridized carbons (Fsp3) is 0.278. The lowest BCUT2D eigenvalue weighted by Gasteiger charge is -2.15. The van der Waals surface area contributed by atoms with Crippen molar-refractivity contribution < 1.29 is 18.7 Å². The highest BCUT2D eigenvalue weighted by Gasteiger charge is 2.13. The van der Waals surface area contributed by atoms with Crippen LogP contribution in [0.25, 0.3) is 0 Å². The monoisotopic (exact) mass is 446 g/mol. The molecule has 0 bridgehead atoms. The molecule has 0 radical (unpaired) electrons. The molecule has 0 atom stereocenters. The summed E-state index contributed by atoms with van der Waals surface area (Å²) < 4.78 is 24.6. The van der Waals surface area contributed by atoms with Gasteiger partial charge in [-0.3, -0.25) is 4.79 Å². The maximum absolute atomic E-state index is 12.9. The summed E-state index contributed by atoms with van der Waals surface area (Å²) in [7, 11) is 0. The van der Waals surface area contributed by atoms with E-state index in [9.17, 15) is 9.18 Å². The number of nitrogens with two attached hydrogens (primary N) is 1. The van der Waals surface area contributed by atoms with Gasteiger partial charge in [0.1, 0.15) is 5.82 Å². The fourth-order valence-corrected chi connectivity index (χ4v) is 2.83. The van der Waals surface area contributed by atoms with Crippen LogP contribution in [0.4, 0.5) is 4.39 Å². The van der Waals surface area contributed by atoms with Crippen molar-refractivity contribution in [2.24, 2.45) is 5.73 Å². The third-order valence-electron chi connectivity index (χ3n) is 3.30. The van der Waals surface area contributed by atoms with Crippen LogP contribution >= 0.6 is 28.3 Å². The van der Waals surface area contributed by atoms with Crippen LogP contribution in [0.1, 0.15) is 18.1 Å². The smallest absolute Gasteiger partial charge is 0.255 e. The number of benzene rings is 2. The Morgan fingerprint density at radius 1 is 1.15 bits per heavy atom. The molecule has 0 fully saturated rings. The molecular formula is C18H21BrClFN2O3. The molecule has 0 aliphatic heterocycles. The number of carbonyl (C=O) groups is 1. The highest BCUT2D eigenvalue weighted by atomic mass is 79.9. The van der Waals surface area contributed by atoms with Crippen LogP contribution in [0, 0.1) is 5.82 Å². The predicted octanol–water partition coefficient (Wildman–Crippen LogP) is 3.56. The van der Waals surface area contributed by atoms with E-state index in [1.54, 1.807) is 12.1 Å². The first-order valence-corrected chi connectivity index (χ1v) is 8.60. The Balaban J connectivity index is 0.00000338. The quantitative estimate of drug-likeness (QED) is 0.616. The first-order chi connectivity index (χ1) is 12.0. The molecule has 0 aliphatic carbocycles. The van der Waals surface area contributed by atoms with Crippen LogP contribution in [-0.4, -0.2) is 19.1 Å². The van der Waals surface area contributed by atoms with E-state index in [2.05, 4.69) is 21.2 Å². The lowest BCUT2D eigenvalue weighted by molar-refractivity contribution is -0.119. The van der Waals surface area contributed by atoms with E-state index in [0.717, 1.165) is 11.1 Å². The van der Waals surface area contributed by atoms with E-state index >= 15 is 0 Å². The van der Waals surface area contributed by atoms with Crippen LogP contribution in [0.5, 0.6) is 11.5 Å². The number of ether oxygens (including phenoxy) is 2. The van der Waals surface area contributed by atoms with Gasteiger partial charge < -0.3 is 20.5 Å². The van der Waals surface area contributed by atoms with Crippen LogP contribution in [0.2, 0.25) is 0 Å². The second kappa shape index (κ2) is 11.0. The van der Waals surface area contributed by atoms with Gasteiger partial charge in [-0.05, 0) is 58.2 Å². The molecule has 0 aromatic heterocycles. The minimum atomic E-state index is -0.556. The molecule has 5 nitrogen and oxygen atoms in total. The molecule has 2 aromatic rings. The maximum atomic E-state index is 12.9. The van der Waals surface area contributed by atoms with Crippen LogP contribution in [0.15, 0.2) is 40.9 Å². The average molecular weight is 448 g/mol. The molecule has 0 aliphatic rings. The molecule has 142 valence electrons. The second-order valence-corrected chi connectivity index (χ2v) is 6.18. The Bertz CT molecular complexity index is 729. The number of nitrogens with one attached hydrogen (secondary N) is 1. The van der Waals surface area contributed by atoms with Crippen LogP contribution in [0.3, 0.4) is 0 Å². The van der Waals surface area contributed by atoms with Crippen LogP contribution in [-0.2, 0) is 17.9 Å². The number of hydrogen-bond donors (Lipinski definition) is 2. The third kappa shape index (κ3) is 6.82. The van der Waals surface area contributed by atoms with E-state index in [1.807, 2.05) is 19.1 Å². The summed E-state index contributed by atoms with van der Waals surface area (Å²) >= 11 is 3.44. The van der Waals surface area contributed by atoms with Gasteiger partial charge in [0, 0.05) is 13.1 Å². The third-order valence-corrected chi connectivity index (χ3v) is 3.89. The molecule has 26 heavy (non-hydrogen) atoms. The lowest BCUT2D eigenvalue weighted by Crippen LogP contribution is -2.20. The van der Waals surface area contributed by atoms with Crippen molar-refractivity contribution in [1.82, 2.24) is 5.32 Å². The van der Waals surface area contributed by atoms with Crippen molar-refractivity contribution in [2.45, 2.75) is 20.0 Å². The van der Waals surface area contributed by atoms with Gasteiger partial charge in [-0.15, -0.1) is 12.4 Å². The van der Waals surface area contributed by atoms with Crippen molar-refractivity contribution in [3.05, 3.63) is 57.8 Å². The zero-order valence-electron chi connectivity index (χ0n) is 14.3. The van der Waals surface area contributed by atoms with Gasteiger partial charge in [0.05, 0.1) is 11.1 Å². The molecule has 3 N–H and O–H groups in total. The molecule has 1 amide bonds. The normalized spacial score (nSPS) is 10.1. The van der Waals surface area contributed by atoms with Gasteiger partial charge in [-0.2, -0.15) is 0 Å². The van der Waals surface area contributed by atoms with E-state index in [1.165, 1.54) is 12.1 Å². The van der Waals surface area contributed by atoms with Gasteiger partial charge in [0.15, 0.2) is 18.1 Å². The molecule has 0 saturated heterocycles. The molecule has 0 heterocycles. The Morgan fingerprint density at radius 2 is 1.81 bits per heavy atom. The molecule has 2 aromatic carbocycles. The predicted molar refractivity (Wildman–Crippen MR) is 104 cm³/mol. The Kier molecular flexibility index (Phi) is 9.40. The largest absolute Gasteiger partial charge is 0.490 e. The van der Waals surface area contributed by atoms with E-state index in [-0.39, 0.29) is 24.8 Å². The zero-order chi connectivity index (χ0) is 18.2. The van der Waals surface area contributed by atoms with Gasteiger partial charge in [0.25, 0.3) is 5.91 Å². The minimum Gasteiger partial charge on any atom is -0.490 e. The van der Waals surface area contributed by atoms with E-state index < -0.39 is 5.91 Å². The van der Waals surface area contributed by atoms with Crippen molar-refractivity contribution in [3.63, 3.8) is 0 Å². The van der Waals surface area contributed by atoms with Gasteiger partial charge in [0.2, 0.25) is 0 Å². The molecule has 2 rings (SSSR count). The number of halogens is 3. The van der Waals surface area contributed by atoms with Gasteiger partial charge in [-0.1, -0.05) is 12.1 Å². The number of hydrogen-bond acceptors (Lipinski definition) is 4. The second-order valence-electron chi connectivity index (χ2n) is 5.32. The highest BCUT2D eigenvalue weighted by Crippen LogP contribution is 2.37. The Hall–Kier alpha value is -1.83. The fourth-order valence-electron chi connectivity index (χ4n) is 2.22. The topological polar surface area (TPSA) is 73.6 Å². The zero-order valence-corrected chi connectivity index (χ0v) is 16.7. The van der Waals surface area contributed by atoms with Crippen molar-refractivity contribution in [3.8, 4) is 11.5 Å². The standard InChI is InChI=1S/C18H20BrFN2O3.ClH/c1-2-24-16-8-13(7-15(19)18(16)25-11-17(21)23)10-22-9-12-3-5-14(20)6-4-12;/h3-8,22H,2,9-11H2,1H3,(H2,21,23);1H. The number of carbonyl (C=O) groups excluding carboxylic acids is 1. The minimum absolute atomic E-state index is 0. The molecule has 0 saturated carbocycles. The van der Waals surface area contributed by atoms with Crippen molar-refractivity contribution in [2.75, 3.05) is 13.2 Å². The van der Waals surface area contributed by atoms with Gasteiger partial charge in [-0.25, -0.2) is 4.39 Å². The molecule has 0 spiro atoms. The van der Waals surface area contributed by atoms with E-state index in [4.69, 9.17) is 15.2 Å². The average Bonchev–Trinajstić information content (AvgIpc) is 2.56. The lowest BCUT2D eigenvalue weighted by atomic mass is 10.2. The summed E-state index contributed by atoms with van der Waals surface area (Å²) in [5.41, 5.74) is 7.09. The number of rotatable bonds is 9. The van der Waals surface area contributed by atoms with E-state index in [0.29, 0.717) is 35.7 Å². The Labute approximate surface area is 166 Å². The summed E-state index contributed by atoms with van der Waals surface area (Å²) in [4.78, 5) is 10.9. The summed E-state index contributed by atoms with van der Waals surface area (Å²) in [6.07, 6.45) is 0. The SMILES string of the molecule is CCOc1cc(CNCc2ccc(F)cc2)cc(Br)c1OCC(N)=O.Cl. The molecular weight excluding hydrogens is 427 g/mol. The first-order valence-electron chi connectivity index (χ1n) is 7.81. The molecule has 8 heteroatoms. The van der Waals surface area contributed by atoms with Crippen molar-refractivity contribution >= 4 is 34.2 Å². The maximum Gasteiger partial charge on any atom is 0.255 e. The van der Waals surface area contributed by atoms with Crippen LogP contribution < -0.4 is 20.5 Å². The summed E-state index contributed by atoms with van der Waals surface area (Å²) in [5.74, 6) is 0.180. The summed E-state index contributed by atoms with van der Waals surface area (Å²) in [6, 6.07) is 10.1. The van der Waals surface area contributed by atoms with Crippen molar-refractivity contribution in [1.29, 1.82) is 0 Å². The number of primary amides is 1.